The minimum atomic E-state index is -0.426. The van der Waals surface area contributed by atoms with Crippen LogP contribution in [0.15, 0.2) is 60.7 Å². The molecule has 4 N–H and O–H groups in total. The number of phenols is 2. The maximum absolute atomic E-state index is 12.5. The molecule has 0 aliphatic rings. The monoisotopic (exact) mass is 380 g/mol. The van der Waals surface area contributed by atoms with E-state index < -0.39 is 11.8 Å². The molecule has 28 heavy (non-hydrogen) atoms. The summed E-state index contributed by atoms with van der Waals surface area (Å²) in [5.41, 5.74) is 6.98. The smallest absolute Gasteiger partial charge is 0.253 e. The molecule has 0 aliphatic heterocycles. The number of phenolic OH excluding ortho intramolecular Hbond substituents is 2. The molecule has 0 atom stereocenters. The highest BCUT2D eigenvalue weighted by atomic mass is 16.3. The Hall–Kier alpha value is -3.38. The third kappa shape index (κ3) is 6.74. The van der Waals surface area contributed by atoms with E-state index in [-0.39, 0.29) is 18.0 Å². The molecule has 6 heteroatoms. The van der Waals surface area contributed by atoms with E-state index in [2.05, 4.69) is 0 Å². The number of rotatable bonds is 8. The Morgan fingerprint density at radius 1 is 0.786 bits per heavy atom. The first kappa shape index (κ1) is 20.9. The third-order valence-electron chi connectivity index (χ3n) is 3.99. The van der Waals surface area contributed by atoms with Gasteiger partial charge in [-0.05, 0) is 66.9 Å². The molecule has 0 bridgehead atoms. The van der Waals surface area contributed by atoms with Crippen molar-refractivity contribution >= 4 is 24.0 Å². The molecule has 0 fully saturated rings. The number of carbonyl (C=O) groups is 2. The van der Waals surface area contributed by atoms with Crippen molar-refractivity contribution in [3.05, 3.63) is 71.8 Å². The Kier molecular flexibility index (Phi) is 7.99. The van der Waals surface area contributed by atoms with Crippen molar-refractivity contribution in [2.45, 2.75) is 12.8 Å². The largest absolute Gasteiger partial charge is 0.508 e. The van der Waals surface area contributed by atoms with E-state index in [9.17, 15) is 19.8 Å². The maximum atomic E-state index is 12.5. The summed E-state index contributed by atoms with van der Waals surface area (Å²) in [4.78, 5) is 26.3. The maximum Gasteiger partial charge on any atom is 0.253 e. The second kappa shape index (κ2) is 10.7. The molecule has 2 aromatic rings. The number of benzene rings is 2. The lowest BCUT2D eigenvalue weighted by Gasteiger charge is -2.17. The van der Waals surface area contributed by atoms with Crippen molar-refractivity contribution in [1.29, 1.82) is 0 Å². The molecule has 6 nitrogen and oxygen atoms in total. The number of nitrogens with zero attached hydrogens (tertiary/aromatic N) is 1. The van der Waals surface area contributed by atoms with Crippen LogP contribution in [0.2, 0.25) is 0 Å². The number of aromatic hydroxyl groups is 2. The highest BCUT2D eigenvalue weighted by molar-refractivity contribution is 6.07. The molecule has 0 aliphatic carbocycles. The van der Waals surface area contributed by atoms with Crippen molar-refractivity contribution in [2.24, 2.45) is 5.73 Å². The fourth-order valence-corrected chi connectivity index (χ4v) is 2.43. The van der Waals surface area contributed by atoms with Crippen LogP contribution < -0.4 is 5.73 Å². The number of hydrogen-bond donors (Lipinski definition) is 3. The highest BCUT2D eigenvalue weighted by Gasteiger charge is 2.16. The summed E-state index contributed by atoms with van der Waals surface area (Å²) in [6, 6.07) is 12.8. The zero-order valence-corrected chi connectivity index (χ0v) is 15.5. The second-order valence-corrected chi connectivity index (χ2v) is 6.17. The Morgan fingerprint density at radius 3 is 1.61 bits per heavy atom. The van der Waals surface area contributed by atoms with E-state index in [1.165, 1.54) is 41.3 Å². The molecule has 2 amide bonds. The summed E-state index contributed by atoms with van der Waals surface area (Å²) in [5.74, 6) is -0.571. The van der Waals surface area contributed by atoms with E-state index in [1.807, 2.05) is 0 Å². The summed E-state index contributed by atoms with van der Waals surface area (Å²) >= 11 is 0. The number of nitrogens with two attached hydrogens (primary N) is 1. The van der Waals surface area contributed by atoms with E-state index >= 15 is 0 Å². The minimum Gasteiger partial charge on any atom is -0.508 e. The van der Waals surface area contributed by atoms with Gasteiger partial charge in [-0.1, -0.05) is 24.3 Å². The SMILES string of the molecule is NCCCCN(C(=O)C=Cc1ccc(O)cc1)C(=O)C=Cc1ccc(O)cc1. The third-order valence-corrected chi connectivity index (χ3v) is 3.99. The molecule has 0 aromatic heterocycles. The fraction of sp³-hybridized carbons (Fsp3) is 0.182. The number of carbonyl (C=O) groups excluding carboxylic acids is 2. The van der Waals surface area contributed by atoms with Gasteiger partial charge in [0.2, 0.25) is 0 Å². The van der Waals surface area contributed by atoms with Crippen molar-refractivity contribution in [2.75, 3.05) is 13.1 Å². The fourth-order valence-electron chi connectivity index (χ4n) is 2.43. The molecule has 2 rings (SSSR count). The number of unbranched alkanes of at least 4 members (excludes halogenated alkanes) is 1. The van der Waals surface area contributed by atoms with Crippen LogP contribution in [-0.2, 0) is 9.59 Å². The molecule has 0 unspecified atom stereocenters. The van der Waals surface area contributed by atoms with Gasteiger partial charge in [0.15, 0.2) is 0 Å². The lowest BCUT2D eigenvalue weighted by molar-refractivity contribution is -0.138. The van der Waals surface area contributed by atoms with Gasteiger partial charge in [-0.15, -0.1) is 0 Å². The van der Waals surface area contributed by atoms with E-state index in [4.69, 9.17) is 5.73 Å². The Balaban J connectivity index is 2.10. The summed E-state index contributed by atoms with van der Waals surface area (Å²) in [5, 5.41) is 18.6. The van der Waals surface area contributed by atoms with Crippen LogP contribution in [0.1, 0.15) is 24.0 Å². The van der Waals surface area contributed by atoms with Crippen molar-refractivity contribution < 1.29 is 19.8 Å². The first-order valence-corrected chi connectivity index (χ1v) is 8.99. The van der Waals surface area contributed by atoms with Crippen LogP contribution in [0.25, 0.3) is 12.2 Å². The second-order valence-electron chi connectivity index (χ2n) is 6.17. The normalized spacial score (nSPS) is 11.2. The predicted molar refractivity (Wildman–Crippen MR) is 109 cm³/mol. The lowest BCUT2D eigenvalue weighted by Crippen LogP contribution is -2.35. The van der Waals surface area contributed by atoms with Gasteiger partial charge in [-0.3, -0.25) is 14.5 Å². The molecular weight excluding hydrogens is 356 g/mol. The number of imide groups is 1. The van der Waals surface area contributed by atoms with Gasteiger partial charge in [0.05, 0.1) is 0 Å². The molecule has 0 spiro atoms. The van der Waals surface area contributed by atoms with Crippen LogP contribution in [0.4, 0.5) is 0 Å². The van der Waals surface area contributed by atoms with Crippen LogP contribution >= 0.6 is 0 Å². The minimum absolute atomic E-state index is 0.140. The van der Waals surface area contributed by atoms with Gasteiger partial charge >= 0.3 is 0 Å². The van der Waals surface area contributed by atoms with Crippen LogP contribution in [0, 0.1) is 0 Å². The Labute approximate surface area is 164 Å². The average Bonchev–Trinajstić information content (AvgIpc) is 2.70. The van der Waals surface area contributed by atoms with Gasteiger partial charge in [-0.2, -0.15) is 0 Å². The summed E-state index contributed by atoms with van der Waals surface area (Å²) in [6.07, 6.45) is 7.18. The van der Waals surface area contributed by atoms with Gasteiger partial charge in [0.1, 0.15) is 11.5 Å². The van der Waals surface area contributed by atoms with E-state index in [0.29, 0.717) is 19.4 Å². The first-order valence-electron chi connectivity index (χ1n) is 8.99. The van der Waals surface area contributed by atoms with Crippen molar-refractivity contribution in [3.63, 3.8) is 0 Å². The molecule has 146 valence electrons. The van der Waals surface area contributed by atoms with Crippen molar-refractivity contribution in [3.8, 4) is 11.5 Å². The summed E-state index contributed by atoms with van der Waals surface area (Å²) in [7, 11) is 0. The highest BCUT2D eigenvalue weighted by Crippen LogP contribution is 2.13. The van der Waals surface area contributed by atoms with Gasteiger partial charge < -0.3 is 15.9 Å². The number of amides is 2. The molecule has 0 radical (unpaired) electrons. The van der Waals surface area contributed by atoms with Gasteiger partial charge in [-0.25, -0.2) is 0 Å². The molecule has 0 saturated carbocycles. The number of hydrogen-bond acceptors (Lipinski definition) is 5. The topological polar surface area (TPSA) is 104 Å². The van der Waals surface area contributed by atoms with E-state index in [0.717, 1.165) is 11.1 Å². The van der Waals surface area contributed by atoms with Gasteiger partial charge in [0.25, 0.3) is 11.8 Å². The zero-order chi connectivity index (χ0) is 20.4. The predicted octanol–water partition coefficient (Wildman–Crippen LogP) is 2.92. The standard InChI is InChI=1S/C22H24N2O4/c23-15-1-2-16-24(21(27)13-7-17-3-9-19(25)10-4-17)22(28)14-8-18-5-11-20(26)12-6-18/h3-14,25-26H,1-2,15-16,23H2. The van der Waals surface area contributed by atoms with Crippen molar-refractivity contribution in [1.82, 2.24) is 4.90 Å². The quantitative estimate of drug-likeness (QED) is 0.482. The summed E-state index contributed by atoms with van der Waals surface area (Å²) < 4.78 is 0. The molecule has 0 saturated heterocycles. The van der Waals surface area contributed by atoms with E-state index in [1.54, 1.807) is 36.4 Å². The molecular formula is C22H24N2O4. The van der Waals surface area contributed by atoms with Crippen LogP contribution in [-0.4, -0.2) is 40.0 Å². The Morgan fingerprint density at radius 2 is 1.21 bits per heavy atom. The zero-order valence-electron chi connectivity index (χ0n) is 15.5. The van der Waals surface area contributed by atoms with Gasteiger partial charge in [0, 0.05) is 18.7 Å². The Bertz CT molecular complexity index is 772. The first-order chi connectivity index (χ1) is 13.5. The van der Waals surface area contributed by atoms with Crippen LogP contribution in [0.5, 0.6) is 11.5 Å². The lowest BCUT2D eigenvalue weighted by atomic mass is 10.2. The van der Waals surface area contributed by atoms with Crippen LogP contribution in [0.3, 0.4) is 0 Å². The average molecular weight is 380 g/mol. The summed E-state index contributed by atoms with van der Waals surface area (Å²) in [6.45, 7) is 0.762. The molecule has 2 aromatic carbocycles. The molecule has 0 heterocycles.